The van der Waals surface area contributed by atoms with Crippen LogP contribution in [0.25, 0.3) is 0 Å². The molecule has 0 heterocycles. The summed E-state index contributed by atoms with van der Waals surface area (Å²) in [6.45, 7) is 2.54. The number of hydrogen-bond donors (Lipinski definition) is 1. The molecule has 0 aliphatic carbocycles. The van der Waals surface area contributed by atoms with Crippen LogP contribution >= 0.6 is 0 Å². The van der Waals surface area contributed by atoms with Gasteiger partial charge < -0.3 is 14.8 Å². The number of carbonyl (C=O) groups excluding carboxylic acids is 1. The Kier molecular flexibility index (Phi) is 6.48. The Hall–Kier alpha value is -2.49. The summed E-state index contributed by atoms with van der Waals surface area (Å²) in [7, 11) is 1.63. The topological polar surface area (TPSA) is 47.6 Å². The molecule has 0 unspecified atom stereocenters. The zero-order chi connectivity index (χ0) is 16.5. The molecule has 2 aromatic rings. The van der Waals surface area contributed by atoms with Crippen LogP contribution in [0.1, 0.15) is 24.5 Å². The summed E-state index contributed by atoms with van der Waals surface area (Å²) in [5.74, 6) is 1.43. The first-order valence-electron chi connectivity index (χ1n) is 7.80. The first-order chi connectivity index (χ1) is 11.3. The van der Waals surface area contributed by atoms with Crippen LogP contribution in [-0.2, 0) is 17.8 Å². The molecule has 0 saturated carbocycles. The van der Waals surface area contributed by atoms with Crippen molar-refractivity contribution in [2.75, 3.05) is 7.11 Å². The van der Waals surface area contributed by atoms with Gasteiger partial charge in [0, 0.05) is 6.04 Å². The second-order valence-electron chi connectivity index (χ2n) is 5.35. The third-order valence-corrected chi connectivity index (χ3v) is 3.74. The van der Waals surface area contributed by atoms with E-state index in [4.69, 9.17) is 9.47 Å². The predicted octanol–water partition coefficient (Wildman–Crippen LogP) is 3.34. The van der Waals surface area contributed by atoms with Crippen molar-refractivity contribution in [3.05, 3.63) is 59.7 Å². The molecule has 0 bridgehead atoms. The Morgan fingerprint density at radius 2 is 1.87 bits per heavy atom. The zero-order valence-corrected chi connectivity index (χ0v) is 13.6. The molecule has 122 valence electrons. The highest BCUT2D eigenvalue weighted by Crippen LogP contribution is 2.29. The second kappa shape index (κ2) is 8.83. The third-order valence-electron chi connectivity index (χ3n) is 3.74. The highest BCUT2D eigenvalue weighted by atomic mass is 16.5. The summed E-state index contributed by atoms with van der Waals surface area (Å²) in [5, 5.41) is 2.83. The van der Waals surface area contributed by atoms with E-state index in [1.807, 2.05) is 48.5 Å². The summed E-state index contributed by atoms with van der Waals surface area (Å²) in [4.78, 5) is 10.6. The molecule has 1 N–H and O–H groups in total. The molecule has 4 heteroatoms. The Balaban J connectivity index is 2.10. The van der Waals surface area contributed by atoms with E-state index in [1.54, 1.807) is 7.11 Å². The van der Waals surface area contributed by atoms with Crippen molar-refractivity contribution in [3.63, 3.8) is 0 Å². The minimum Gasteiger partial charge on any atom is -0.493 e. The number of nitrogens with one attached hydrogen (secondary N) is 1. The standard InChI is InChI=1S/C19H23NO3/c1-3-17(20-14-21)11-16-9-10-18(22-2)19(12-16)23-13-15-7-5-4-6-8-15/h4-10,12,14,17H,3,11,13H2,1-2H3,(H,20,21)/t17-/m0/s1. The van der Waals surface area contributed by atoms with Crippen LogP contribution in [0.2, 0.25) is 0 Å². The molecule has 0 radical (unpaired) electrons. The summed E-state index contributed by atoms with van der Waals surface area (Å²) in [6, 6.07) is 16.0. The molecule has 2 aromatic carbocycles. The molecule has 2 rings (SSSR count). The van der Waals surface area contributed by atoms with Gasteiger partial charge in [-0.05, 0) is 36.1 Å². The van der Waals surface area contributed by atoms with Gasteiger partial charge in [0.2, 0.25) is 6.41 Å². The number of benzene rings is 2. The summed E-state index contributed by atoms with van der Waals surface area (Å²) in [6.07, 6.45) is 2.40. The Morgan fingerprint density at radius 1 is 1.09 bits per heavy atom. The fourth-order valence-electron chi connectivity index (χ4n) is 2.40. The molecule has 1 amide bonds. The molecular weight excluding hydrogens is 290 g/mol. The maximum absolute atomic E-state index is 10.6. The van der Waals surface area contributed by atoms with Gasteiger partial charge in [-0.25, -0.2) is 0 Å². The summed E-state index contributed by atoms with van der Waals surface area (Å²) in [5.41, 5.74) is 2.21. The Morgan fingerprint density at radius 3 is 2.52 bits per heavy atom. The molecule has 0 aromatic heterocycles. The van der Waals surface area contributed by atoms with Gasteiger partial charge in [-0.15, -0.1) is 0 Å². The quantitative estimate of drug-likeness (QED) is 0.722. The second-order valence-corrected chi connectivity index (χ2v) is 5.35. The smallest absolute Gasteiger partial charge is 0.207 e. The van der Waals surface area contributed by atoms with Crippen molar-refractivity contribution in [2.24, 2.45) is 0 Å². The van der Waals surface area contributed by atoms with Gasteiger partial charge in [-0.1, -0.05) is 43.3 Å². The van der Waals surface area contributed by atoms with Crippen molar-refractivity contribution in [1.82, 2.24) is 5.32 Å². The van der Waals surface area contributed by atoms with E-state index in [1.165, 1.54) is 0 Å². The van der Waals surface area contributed by atoms with Crippen molar-refractivity contribution in [3.8, 4) is 11.5 Å². The van der Waals surface area contributed by atoms with Crippen molar-refractivity contribution in [1.29, 1.82) is 0 Å². The number of ether oxygens (including phenoxy) is 2. The van der Waals surface area contributed by atoms with Gasteiger partial charge in [0.1, 0.15) is 6.61 Å². The van der Waals surface area contributed by atoms with Crippen LogP contribution < -0.4 is 14.8 Å². The molecule has 23 heavy (non-hydrogen) atoms. The summed E-state index contributed by atoms with van der Waals surface area (Å²) < 4.78 is 11.3. The minimum absolute atomic E-state index is 0.128. The van der Waals surface area contributed by atoms with Gasteiger partial charge in [0.25, 0.3) is 0 Å². The van der Waals surface area contributed by atoms with Crippen LogP contribution in [0.4, 0.5) is 0 Å². The molecule has 0 fully saturated rings. The average Bonchev–Trinajstić information content (AvgIpc) is 2.60. The molecule has 0 spiro atoms. The highest BCUT2D eigenvalue weighted by Gasteiger charge is 2.10. The predicted molar refractivity (Wildman–Crippen MR) is 90.8 cm³/mol. The molecule has 0 aliphatic rings. The molecule has 0 saturated heterocycles. The van der Waals surface area contributed by atoms with Gasteiger partial charge in [0.05, 0.1) is 7.11 Å². The number of amides is 1. The van der Waals surface area contributed by atoms with Crippen LogP contribution in [0, 0.1) is 0 Å². The van der Waals surface area contributed by atoms with E-state index in [0.717, 1.165) is 36.1 Å². The maximum atomic E-state index is 10.6. The number of methoxy groups -OCH3 is 1. The van der Waals surface area contributed by atoms with Gasteiger partial charge in [0.15, 0.2) is 11.5 Å². The minimum atomic E-state index is 0.128. The highest BCUT2D eigenvalue weighted by molar-refractivity contribution is 5.47. The van der Waals surface area contributed by atoms with Crippen molar-refractivity contribution >= 4 is 6.41 Å². The lowest BCUT2D eigenvalue weighted by molar-refractivity contribution is -0.110. The molecule has 0 aliphatic heterocycles. The fourth-order valence-corrected chi connectivity index (χ4v) is 2.40. The van der Waals surface area contributed by atoms with Crippen molar-refractivity contribution in [2.45, 2.75) is 32.4 Å². The van der Waals surface area contributed by atoms with Crippen LogP contribution in [0.3, 0.4) is 0 Å². The zero-order valence-electron chi connectivity index (χ0n) is 13.6. The van der Waals surface area contributed by atoms with E-state index < -0.39 is 0 Å². The van der Waals surface area contributed by atoms with E-state index in [2.05, 4.69) is 12.2 Å². The first-order valence-corrected chi connectivity index (χ1v) is 7.80. The SMILES string of the molecule is CC[C@@H](Cc1ccc(OC)c(OCc2ccccc2)c1)NC=O. The number of rotatable bonds is 9. The third kappa shape index (κ3) is 5.02. The van der Waals surface area contributed by atoms with Crippen LogP contribution in [0.15, 0.2) is 48.5 Å². The molecular formula is C19H23NO3. The lowest BCUT2D eigenvalue weighted by atomic mass is 10.0. The number of carbonyl (C=O) groups is 1. The lowest BCUT2D eigenvalue weighted by Gasteiger charge is -2.16. The Bertz CT molecular complexity index is 613. The normalized spacial score (nSPS) is 11.6. The lowest BCUT2D eigenvalue weighted by Crippen LogP contribution is -2.29. The molecule has 1 atom stereocenters. The van der Waals surface area contributed by atoms with E-state index in [9.17, 15) is 4.79 Å². The van der Waals surface area contributed by atoms with Gasteiger partial charge >= 0.3 is 0 Å². The maximum Gasteiger partial charge on any atom is 0.207 e. The average molecular weight is 313 g/mol. The van der Waals surface area contributed by atoms with E-state index in [-0.39, 0.29) is 6.04 Å². The van der Waals surface area contributed by atoms with E-state index >= 15 is 0 Å². The van der Waals surface area contributed by atoms with Gasteiger partial charge in [-0.3, -0.25) is 4.79 Å². The van der Waals surface area contributed by atoms with Crippen molar-refractivity contribution < 1.29 is 14.3 Å². The number of hydrogen-bond acceptors (Lipinski definition) is 3. The van der Waals surface area contributed by atoms with Crippen LogP contribution in [0.5, 0.6) is 11.5 Å². The van der Waals surface area contributed by atoms with Gasteiger partial charge in [-0.2, -0.15) is 0 Å². The monoisotopic (exact) mass is 313 g/mol. The van der Waals surface area contributed by atoms with E-state index in [0.29, 0.717) is 12.4 Å². The fraction of sp³-hybridized carbons (Fsp3) is 0.316. The Labute approximate surface area is 137 Å². The summed E-state index contributed by atoms with van der Waals surface area (Å²) >= 11 is 0. The first kappa shape index (κ1) is 16.9. The largest absolute Gasteiger partial charge is 0.493 e. The van der Waals surface area contributed by atoms with Crippen LogP contribution in [-0.4, -0.2) is 19.6 Å². The molecule has 4 nitrogen and oxygen atoms in total.